The van der Waals surface area contributed by atoms with Gasteiger partial charge >= 0.3 is 0 Å². The largest absolute Gasteiger partial charge is 0.357 e. The number of hydrogen-bond donors (Lipinski definition) is 2. The lowest BCUT2D eigenvalue weighted by Gasteiger charge is -2.22. The molecule has 1 aliphatic rings. The SMILES string of the molecule is CCNC(=NCCC(=O)NC1CCCC1)N(C)Cc1cn(C)nc1C(C)C. The summed E-state index contributed by atoms with van der Waals surface area (Å²) in [6, 6.07) is 0.373. The number of hydrogen-bond acceptors (Lipinski definition) is 3. The number of rotatable bonds is 8. The summed E-state index contributed by atoms with van der Waals surface area (Å²) in [6.07, 6.45) is 7.19. The van der Waals surface area contributed by atoms with E-state index in [1.807, 2.05) is 18.8 Å². The number of aromatic nitrogens is 2. The Labute approximate surface area is 163 Å². The molecular formula is C20H36N6O. The first-order valence-electron chi connectivity index (χ1n) is 10.2. The lowest BCUT2D eigenvalue weighted by Crippen LogP contribution is -2.39. The first-order chi connectivity index (χ1) is 12.9. The Hall–Kier alpha value is -2.05. The van der Waals surface area contributed by atoms with Crippen LogP contribution < -0.4 is 10.6 Å². The van der Waals surface area contributed by atoms with Crippen molar-refractivity contribution in [2.45, 2.75) is 71.4 Å². The summed E-state index contributed by atoms with van der Waals surface area (Å²) in [5, 5.41) is 11.0. The molecule has 0 atom stereocenters. The third kappa shape index (κ3) is 6.56. The third-order valence-corrected chi connectivity index (χ3v) is 4.91. The number of aliphatic imine (C=N–C) groups is 1. The number of aryl methyl sites for hydroxylation is 1. The van der Waals surface area contributed by atoms with E-state index in [4.69, 9.17) is 0 Å². The van der Waals surface area contributed by atoms with Crippen LogP contribution in [0.3, 0.4) is 0 Å². The van der Waals surface area contributed by atoms with E-state index in [2.05, 4.69) is 52.6 Å². The van der Waals surface area contributed by atoms with Crippen molar-refractivity contribution in [2.75, 3.05) is 20.1 Å². The van der Waals surface area contributed by atoms with Crippen LogP contribution in [0.15, 0.2) is 11.2 Å². The molecule has 1 aromatic rings. The molecule has 1 aromatic heterocycles. The van der Waals surface area contributed by atoms with Gasteiger partial charge in [0.25, 0.3) is 0 Å². The van der Waals surface area contributed by atoms with Gasteiger partial charge in [0.05, 0.1) is 12.2 Å². The second-order valence-electron chi connectivity index (χ2n) is 7.76. The van der Waals surface area contributed by atoms with E-state index >= 15 is 0 Å². The van der Waals surface area contributed by atoms with E-state index in [0.29, 0.717) is 24.9 Å². The lowest BCUT2D eigenvalue weighted by molar-refractivity contribution is -0.121. The second kappa shape index (κ2) is 10.3. The van der Waals surface area contributed by atoms with Crippen molar-refractivity contribution in [3.05, 3.63) is 17.5 Å². The van der Waals surface area contributed by atoms with Gasteiger partial charge in [0.15, 0.2) is 5.96 Å². The number of carbonyl (C=O) groups is 1. The highest BCUT2D eigenvalue weighted by molar-refractivity contribution is 5.80. The maximum Gasteiger partial charge on any atom is 0.222 e. The van der Waals surface area contributed by atoms with Gasteiger partial charge in [0, 0.05) is 51.4 Å². The Morgan fingerprint density at radius 3 is 2.74 bits per heavy atom. The number of guanidine groups is 1. The summed E-state index contributed by atoms with van der Waals surface area (Å²) in [5.74, 6) is 1.32. The van der Waals surface area contributed by atoms with E-state index < -0.39 is 0 Å². The predicted octanol–water partition coefficient (Wildman–Crippen LogP) is 2.39. The first-order valence-corrected chi connectivity index (χ1v) is 10.2. The van der Waals surface area contributed by atoms with Gasteiger partial charge in [-0.15, -0.1) is 0 Å². The van der Waals surface area contributed by atoms with Crippen LogP contribution in [0, 0.1) is 0 Å². The van der Waals surface area contributed by atoms with Crippen LogP contribution in [0.4, 0.5) is 0 Å². The molecule has 1 heterocycles. The summed E-state index contributed by atoms with van der Waals surface area (Å²) in [6.45, 7) is 8.40. The molecule has 2 rings (SSSR count). The fourth-order valence-corrected chi connectivity index (χ4v) is 3.60. The third-order valence-electron chi connectivity index (χ3n) is 4.91. The highest BCUT2D eigenvalue weighted by Crippen LogP contribution is 2.19. The summed E-state index contributed by atoms with van der Waals surface area (Å²) in [4.78, 5) is 18.8. The topological polar surface area (TPSA) is 74.6 Å². The van der Waals surface area contributed by atoms with Crippen LogP contribution >= 0.6 is 0 Å². The van der Waals surface area contributed by atoms with Gasteiger partial charge in [-0.3, -0.25) is 14.5 Å². The van der Waals surface area contributed by atoms with Crippen LogP contribution in [-0.2, 0) is 18.4 Å². The van der Waals surface area contributed by atoms with Crippen LogP contribution in [0.25, 0.3) is 0 Å². The fourth-order valence-electron chi connectivity index (χ4n) is 3.60. The second-order valence-corrected chi connectivity index (χ2v) is 7.76. The molecule has 0 saturated heterocycles. The van der Waals surface area contributed by atoms with E-state index in [-0.39, 0.29) is 5.91 Å². The minimum atomic E-state index is 0.110. The number of carbonyl (C=O) groups excluding carboxylic acids is 1. The Bertz CT molecular complexity index is 630. The molecule has 1 fully saturated rings. The monoisotopic (exact) mass is 376 g/mol. The van der Waals surface area contributed by atoms with Crippen molar-refractivity contribution < 1.29 is 4.79 Å². The van der Waals surface area contributed by atoms with E-state index in [1.165, 1.54) is 18.4 Å². The fraction of sp³-hybridized carbons (Fsp3) is 0.750. The van der Waals surface area contributed by atoms with Crippen LogP contribution in [0.5, 0.6) is 0 Å². The first kappa shape index (κ1) is 21.3. The molecule has 0 radical (unpaired) electrons. The molecular weight excluding hydrogens is 340 g/mol. The average molecular weight is 377 g/mol. The van der Waals surface area contributed by atoms with Gasteiger partial charge in [-0.2, -0.15) is 5.10 Å². The van der Waals surface area contributed by atoms with Crippen molar-refractivity contribution in [1.29, 1.82) is 0 Å². The lowest BCUT2D eigenvalue weighted by atomic mass is 10.1. The van der Waals surface area contributed by atoms with Crippen LogP contribution in [0.1, 0.15) is 70.1 Å². The molecule has 1 aliphatic carbocycles. The summed E-state index contributed by atoms with van der Waals surface area (Å²) < 4.78 is 1.87. The van der Waals surface area contributed by atoms with Gasteiger partial charge < -0.3 is 15.5 Å². The zero-order chi connectivity index (χ0) is 19.8. The van der Waals surface area contributed by atoms with Gasteiger partial charge in [-0.1, -0.05) is 26.7 Å². The predicted molar refractivity (Wildman–Crippen MR) is 110 cm³/mol. The summed E-state index contributed by atoms with van der Waals surface area (Å²) in [5.41, 5.74) is 2.33. The molecule has 7 nitrogen and oxygen atoms in total. The van der Waals surface area contributed by atoms with Crippen LogP contribution in [-0.4, -0.2) is 52.7 Å². The Balaban J connectivity index is 1.92. The molecule has 2 N–H and O–H groups in total. The zero-order valence-electron chi connectivity index (χ0n) is 17.6. The van der Waals surface area contributed by atoms with E-state index in [1.54, 1.807) is 0 Å². The highest BCUT2D eigenvalue weighted by Gasteiger charge is 2.17. The van der Waals surface area contributed by atoms with Crippen molar-refractivity contribution in [1.82, 2.24) is 25.3 Å². The van der Waals surface area contributed by atoms with Crippen molar-refractivity contribution in [3.63, 3.8) is 0 Å². The number of nitrogens with one attached hydrogen (secondary N) is 2. The minimum Gasteiger partial charge on any atom is -0.357 e. The highest BCUT2D eigenvalue weighted by atomic mass is 16.1. The average Bonchev–Trinajstić information content (AvgIpc) is 3.23. The van der Waals surface area contributed by atoms with Gasteiger partial charge in [0.2, 0.25) is 5.91 Å². The molecule has 1 amide bonds. The van der Waals surface area contributed by atoms with Gasteiger partial charge in [-0.05, 0) is 25.7 Å². The van der Waals surface area contributed by atoms with Crippen molar-refractivity contribution in [2.24, 2.45) is 12.0 Å². The molecule has 0 bridgehead atoms. The van der Waals surface area contributed by atoms with Crippen molar-refractivity contribution in [3.8, 4) is 0 Å². The van der Waals surface area contributed by atoms with Gasteiger partial charge in [0.1, 0.15) is 0 Å². The molecule has 0 unspecified atom stereocenters. The molecule has 152 valence electrons. The molecule has 27 heavy (non-hydrogen) atoms. The quantitative estimate of drug-likeness (QED) is 0.540. The maximum atomic E-state index is 12.1. The minimum absolute atomic E-state index is 0.110. The van der Waals surface area contributed by atoms with Gasteiger partial charge in [-0.25, -0.2) is 0 Å². The standard InChI is InChI=1S/C20H36N6O/c1-6-21-20(22-12-11-18(27)23-17-9-7-8-10-17)25(4)13-16-14-26(5)24-19(16)15(2)3/h14-15,17H,6-13H2,1-5H3,(H,21,22)(H,23,27). The Morgan fingerprint density at radius 2 is 2.11 bits per heavy atom. The normalized spacial score (nSPS) is 15.4. The number of nitrogens with zero attached hydrogens (tertiary/aromatic N) is 4. The Morgan fingerprint density at radius 1 is 1.41 bits per heavy atom. The zero-order valence-corrected chi connectivity index (χ0v) is 17.6. The van der Waals surface area contributed by atoms with E-state index in [9.17, 15) is 4.79 Å². The van der Waals surface area contributed by atoms with Crippen LogP contribution in [0.2, 0.25) is 0 Å². The molecule has 0 aromatic carbocycles. The number of amides is 1. The maximum absolute atomic E-state index is 12.1. The molecule has 0 spiro atoms. The van der Waals surface area contributed by atoms with Crippen molar-refractivity contribution >= 4 is 11.9 Å². The smallest absolute Gasteiger partial charge is 0.222 e. The summed E-state index contributed by atoms with van der Waals surface area (Å²) in [7, 11) is 3.98. The molecule has 7 heteroatoms. The molecule has 1 saturated carbocycles. The van der Waals surface area contributed by atoms with E-state index in [0.717, 1.165) is 37.6 Å². The Kier molecular flexibility index (Phi) is 8.13. The molecule has 0 aliphatic heterocycles. The summed E-state index contributed by atoms with van der Waals surface area (Å²) >= 11 is 0.